The van der Waals surface area contributed by atoms with Crippen LogP contribution in [0.15, 0.2) is 46.9 Å². The third-order valence-corrected chi connectivity index (χ3v) is 4.11. The van der Waals surface area contributed by atoms with Gasteiger partial charge < -0.3 is 10.2 Å². The number of anilines is 3. The summed E-state index contributed by atoms with van der Waals surface area (Å²) in [5.41, 5.74) is -0.190. The van der Waals surface area contributed by atoms with Crippen molar-refractivity contribution < 1.29 is 13.2 Å². The molecule has 0 saturated carbocycles. The number of alkyl halides is 3. The van der Waals surface area contributed by atoms with E-state index in [1.165, 1.54) is 12.1 Å². The van der Waals surface area contributed by atoms with Crippen molar-refractivity contribution in [2.45, 2.75) is 6.18 Å². The van der Waals surface area contributed by atoms with Gasteiger partial charge in [0.1, 0.15) is 0 Å². The second-order valence-corrected chi connectivity index (χ2v) is 6.57. The van der Waals surface area contributed by atoms with Gasteiger partial charge in [0.05, 0.1) is 5.56 Å². The number of hydrogen-bond acceptors (Lipinski definition) is 4. The van der Waals surface area contributed by atoms with Gasteiger partial charge in [-0.05, 0) is 42.5 Å². The van der Waals surface area contributed by atoms with Crippen molar-refractivity contribution in [2.75, 3.05) is 24.3 Å². The summed E-state index contributed by atoms with van der Waals surface area (Å²) in [6.45, 7) is 0. The van der Waals surface area contributed by atoms with Crippen LogP contribution >= 0.6 is 15.9 Å². The van der Waals surface area contributed by atoms with Crippen LogP contribution in [0.5, 0.6) is 0 Å². The van der Waals surface area contributed by atoms with Crippen LogP contribution in [0.3, 0.4) is 0 Å². The van der Waals surface area contributed by atoms with Crippen LogP contribution in [0.1, 0.15) is 5.56 Å². The molecule has 0 saturated heterocycles. The van der Waals surface area contributed by atoms with Gasteiger partial charge in [0.15, 0.2) is 11.6 Å². The molecule has 1 aromatic heterocycles. The Hall–Kier alpha value is -2.35. The minimum atomic E-state index is -4.36. The molecule has 0 radical (unpaired) electrons. The molecule has 1 heterocycles. The smallest absolute Gasteiger partial charge is 0.361 e. The van der Waals surface area contributed by atoms with Crippen molar-refractivity contribution in [1.29, 1.82) is 0 Å². The minimum Gasteiger partial charge on any atom is -0.361 e. The fourth-order valence-electron chi connectivity index (χ4n) is 2.42. The van der Waals surface area contributed by atoms with Crippen molar-refractivity contribution in [2.24, 2.45) is 0 Å². The van der Waals surface area contributed by atoms with E-state index in [-0.39, 0.29) is 0 Å². The van der Waals surface area contributed by atoms with Gasteiger partial charge in [0, 0.05) is 35.0 Å². The van der Waals surface area contributed by atoms with Crippen LogP contribution in [-0.2, 0) is 6.18 Å². The largest absolute Gasteiger partial charge is 0.416 e. The van der Waals surface area contributed by atoms with Crippen LogP contribution in [0.4, 0.5) is 30.5 Å². The van der Waals surface area contributed by atoms with E-state index in [4.69, 9.17) is 0 Å². The molecule has 0 fully saturated rings. The van der Waals surface area contributed by atoms with Crippen molar-refractivity contribution >= 4 is 44.0 Å². The topological polar surface area (TPSA) is 41.1 Å². The molecular formula is C17H14BrF3N4. The van der Waals surface area contributed by atoms with Gasteiger partial charge >= 0.3 is 6.18 Å². The summed E-state index contributed by atoms with van der Waals surface area (Å²) in [4.78, 5) is 1.85. The maximum Gasteiger partial charge on any atom is 0.416 e. The van der Waals surface area contributed by atoms with Crippen molar-refractivity contribution in [3.05, 3.63) is 52.5 Å². The molecule has 25 heavy (non-hydrogen) atoms. The van der Waals surface area contributed by atoms with E-state index in [0.717, 1.165) is 27.4 Å². The van der Waals surface area contributed by atoms with Crippen molar-refractivity contribution in [3.63, 3.8) is 0 Å². The normalized spacial score (nSPS) is 11.6. The van der Waals surface area contributed by atoms with Gasteiger partial charge in [-0.25, -0.2) is 0 Å². The zero-order valence-electron chi connectivity index (χ0n) is 13.4. The predicted molar refractivity (Wildman–Crippen MR) is 96.3 cm³/mol. The standard InChI is InChI=1S/C17H14BrF3N4/c1-25(2)16-14-9-11(18)5-8-13(14)15(23-24-16)22-12-6-3-10(4-7-12)17(19,20)21/h3-9H,1-2H3,(H,22,23). The van der Waals surface area contributed by atoms with Crippen LogP contribution in [0, 0.1) is 0 Å². The monoisotopic (exact) mass is 410 g/mol. The first kappa shape index (κ1) is 17.5. The Balaban J connectivity index is 2.01. The quantitative estimate of drug-likeness (QED) is 0.642. The predicted octanol–water partition coefficient (Wildman–Crippen LogP) is 5.22. The third kappa shape index (κ3) is 3.68. The van der Waals surface area contributed by atoms with E-state index >= 15 is 0 Å². The lowest BCUT2D eigenvalue weighted by Gasteiger charge is -2.16. The average Bonchev–Trinajstić information content (AvgIpc) is 2.54. The molecule has 130 valence electrons. The Morgan fingerprint density at radius 3 is 2.24 bits per heavy atom. The SMILES string of the molecule is CN(C)c1nnc(Nc2ccc(C(F)(F)F)cc2)c2ccc(Br)cc12. The van der Waals surface area contributed by atoms with Gasteiger partial charge in [0.25, 0.3) is 0 Å². The van der Waals surface area contributed by atoms with Gasteiger partial charge in [-0.3, -0.25) is 0 Å². The fourth-order valence-corrected chi connectivity index (χ4v) is 2.78. The first-order valence-electron chi connectivity index (χ1n) is 7.33. The number of nitrogens with one attached hydrogen (secondary N) is 1. The first-order valence-corrected chi connectivity index (χ1v) is 8.12. The second kappa shape index (κ2) is 6.51. The van der Waals surface area contributed by atoms with E-state index in [9.17, 15) is 13.2 Å². The van der Waals surface area contributed by atoms with Crippen molar-refractivity contribution in [1.82, 2.24) is 10.2 Å². The van der Waals surface area contributed by atoms with E-state index in [0.29, 0.717) is 17.3 Å². The van der Waals surface area contributed by atoms with Crippen molar-refractivity contribution in [3.8, 4) is 0 Å². The summed E-state index contributed by atoms with van der Waals surface area (Å²) in [7, 11) is 3.74. The third-order valence-electron chi connectivity index (χ3n) is 3.62. The Bertz CT molecular complexity index is 908. The zero-order valence-corrected chi connectivity index (χ0v) is 15.0. The number of halogens is 4. The molecule has 0 amide bonds. The van der Waals surface area contributed by atoms with Crippen LogP contribution in [0.2, 0.25) is 0 Å². The van der Waals surface area contributed by atoms with Crippen LogP contribution in [0.25, 0.3) is 10.8 Å². The Labute approximate surface area is 150 Å². The molecule has 0 unspecified atom stereocenters. The summed E-state index contributed by atoms with van der Waals surface area (Å²) in [5.74, 6) is 1.18. The number of benzene rings is 2. The molecule has 4 nitrogen and oxygen atoms in total. The molecule has 0 atom stereocenters. The maximum absolute atomic E-state index is 12.7. The lowest BCUT2D eigenvalue weighted by atomic mass is 10.1. The molecule has 0 aliphatic heterocycles. The van der Waals surface area contributed by atoms with E-state index in [1.54, 1.807) is 0 Å². The van der Waals surface area contributed by atoms with Crippen LogP contribution < -0.4 is 10.2 Å². The summed E-state index contributed by atoms with van der Waals surface area (Å²) in [6, 6.07) is 10.5. The van der Waals surface area contributed by atoms with Gasteiger partial charge in [-0.2, -0.15) is 13.2 Å². The van der Waals surface area contributed by atoms with Gasteiger partial charge in [-0.15, -0.1) is 10.2 Å². The number of aromatic nitrogens is 2. The molecule has 0 aliphatic rings. The first-order chi connectivity index (χ1) is 11.8. The average molecular weight is 411 g/mol. The van der Waals surface area contributed by atoms with E-state index in [1.807, 2.05) is 37.2 Å². The Morgan fingerprint density at radius 1 is 0.960 bits per heavy atom. The molecule has 3 aromatic rings. The molecule has 3 rings (SSSR count). The summed E-state index contributed by atoms with van der Waals surface area (Å²) in [5, 5.41) is 13.1. The highest BCUT2D eigenvalue weighted by Gasteiger charge is 2.29. The Kier molecular flexibility index (Phi) is 4.55. The lowest BCUT2D eigenvalue weighted by Crippen LogP contribution is -2.12. The molecule has 0 bridgehead atoms. The molecule has 0 spiro atoms. The number of rotatable bonds is 3. The highest BCUT2D eigenvalue weighted by Crippen LogP contribution is 2.33. The molecule has 0 aliphatic carbocycles. The lowest BCUT2D eigenvalue weighted by molar-refractivity contribution is -0.137. The molecule has 1 N–H and O–H groups in total. The summed E-state index contributed by atoms with van der Waals surface area (Å²) >= 11 is 3.44. The van der Waals surface area contributed by atoms with E-state index < -0.39 is 11.7 Å². The number of nitrogens with zero attached hydrogens (tertiary/aromatic N) is 3. The minimum absolute atomic E-state index is 0.479. The molecule has 8 heteroatoms. The Morgan fingerprint density at radius 2 is 1.64 bits per heavy atom. The number of fused-ring (bicyclic) bond motifs is 1. The van der Waals surface area contributed by atoms with E-state index in [2.05, 4.69) is 31.4 Å². The highest BCUT2D eigenvalue weighted by molar-refractivity contribution is 9.10. The van der Waals surface area contributed by atoms with Crippen LogP contribution in [-0.4, -0.2) is 24.3 Å². The highest BCUT2D eigenvalue weighted by atomic mass is 79.9. The fraction of sp³-hybridized carbons (Fsp3) is 0.176. The zero-order chi connectivity index (χ0) is 18.2. The molecular weight excluding hydrogens is 397 g/mol. The van der Waals surface area contributed by atoms with Gasteiger partial charge in [0.2, 0.25) is 0 Å². The van der Waals surface area contributed by atoms with Gasteiger partial charge in [-0.1, -0.05) is 15.9 Å². The summed E-state index contributed by atoms with van der Waals surface area (Å²) < 4.78 is 38.9. The maximum atomic E-state index is 12.7. The summed E-state index contributed by atoms with van der Waals surface area (Å²) in [6.07, 6.45) is -4.36. The number of hydrogen-bond donors (Lipinski definition) is 1. The second-order valence-electron chi connectivity index (χ2n) is 5.66. The molecule has 2 aromatic carbocycles.